The van der Waals surface area contributed by atoms with Crippen LogP contribution in [0.5, 0.6) is 0 Å². The summed E-state index contributed by atoms with van der Waals surface area (Å²) in [5.41, 5.74) is 0. The minimum absolute atomic E-state index is 0.0776. The van der Waals surface area contributed by atoms with Gasteiger partial charge in [-0.2, -0.15) is 0 Å². The van der Waals surface area contributed by atoms with Gasteiger partial charge < -0.3 is 20.1 Å². The van der Waals surface area contributed by atoms with E-state index in [0.29, 0.717) is 12.5 Å². The van der Waals surface area contributed by atoms with E-state index < -0.39 is 0 Å². The van der Waals surface area contributed by atoms with Gasteiger partial charge in [0.15, 0.2) is 0 Å². The van der Waals surface area contributed by atoms with Crippen LogP contribution in [0.3, 0.4) is 0 Å². The summed E-state index contributed by atoms with van der Waals surface area (Å²) < 4.78 is 5.51. The second-order valence-electron chi connectivity index (χ2n) is 5.14. The lowest BCUT2D eigenvalue weighted by Gasteiger charge is -2.35. The number of ether oxygens (including phenoxy) is 1. The molecule has 0 bridgehead atoms. The lowest BCUT2D eigenvalue weighted by molar-refractivity contribution is -0.139. The maximum Gasteiger partial charge on any atom is 0.225 e. The fraction of sp³-hybridized carbons (Fsp3) is 0.923. The molecular formula is C13H24N2O3. The molecule has 2 heterocycles. The molecule has 2 aliphatic rings. The van der Waals surface area contributed by atoms with E-state index in [1.165, 1.54) is 0 Å². The van der Waals surface area contributed by atoms with E-state index >= 15 is 0 Å². The van der Waals surface area contributed by atoms with Crippen molar-refractivity contribution in [3.8, 4) is 0 Å². The summed E-state index contributed by atoms with van der Waals surface area (Å²) in [4.78, 5) is 14.3. The van der Waals surface area contributed by atoms with Gasteiger partial charge in [-0.05, 0) is 38.8 Å². The molecule has 104 valence electrons. The van der Waals surface area contributed by atoms with E-state index in [1.807, 2.05) is 4.90 Å². The molecule has 2 fully saturated rings. The van der Waals surface area contributed by atoms with E-state index in [-0.39, 0.29) is 18.6 Å². The molecule has 0 aromatic carbocycles. The highest BCUT2D eigenvalue weighted by atomic mass is 16.5. The molecule has 5 heteroatoms. The third-order valence-electron chi connectivity index (χ3n) is 3.89. The molecule has 0 saturated carbocycles. The van der Waals surface area contributed by atoms with Crippen LogP contribution in [0.1, 0.15) is 25.7 Å². The van der Waals surface area contributed by atoms with Crippen LogP contribution in [0.25, 0.3) is 0 Å². The van der Waals surface area contributed by atoms with E-state index in [4.69, 9.17) is 9.84 Å². The van der Waals surface area contributed by atoms with Crippen molar-refractivity contribution in [2.75, 3.05) is 39.4 Å². The fourth-order valence-electron chi connectivity index (χ4n) is 2.79. The van der Waals surface area contributed by atoms with Gasteiger partial charge in [0.2, 0.25) is 5.91 Å². The van der Waals surface area contributed by atoms with Crippen molar-refractivity contribution in [3.63, 3.8) is 0 Å². The molecule has 0 aromatic rings. The van der Waals surface area contributed by atoms with Crippen LogP contribution in [-0.4, -0.2) is 61.4 Å². The third kappa shape index (κ3) is 3.67. The number of hydrogen-bond acceptors (Lipinski definition) is 4. The van der Waals surface area contributed by atoms with Crippen LogP contribution >= 0.6 is 0 Å². The zero-order valence-corrected chi connectivity index (χ0v) is 10.9. The molecule has 0 atom stereocenters. The Labute approximate surface area is 108 Å². The van der Waals surface area contributed by atoms with Crippen molar-refractivity contribution >= 4 is 5.91 Å². The van der Waals surface area contributed by atoms with Crippen molar-refractivity contribution in [3.05, 3.63) is 0 Å². The summed E-state index contributed by atoms with van der Waals surface area (Å²) in [6.07, 6.45) is 3.96. The molecule has 0 unspecified atom stereocenters. The molecule has 0 aromatic heterocycles. The van der Waals surface area contributed by atoms with Gasteiger partial charge in [-0.1, -0.05) is 0 Å². The number of carbonyl (C=O) groups is 1. The topological polar surface area (TPSA) is 61.8 Å². The molecule has 2 saturated heterocycles. The molecular weight excluding hydrogens is 232 g/mol. The standard InChI is InChI=1S/C13H24N2O3/c16-9-10-18-12-3-7-15(8-4-12)13(17)11-1-5-14-6-2-11/h11-12,14,16H,1-10H2. The van der Waals surface area contributed by atoms with Crippen LogP contribution in [-0.2, 0) is 9.53 Å². The molecule has 1 amide bonds. The zero-order valence-electron chi connectivity index (χ0n) is 10.9. The van der Waals surface area contributed by atoms with Crippen molar-refractivity contribution < 1.29 is 14.6 Å². The van der Waals surface area contributed by atoms with E-state index in [2.05, 4.69) is 5.32 Å². The largest absolute Gasteiger partial charge is 0.394 e. The molecule has 5 nitrogen and oxygen atoms in total. The first-order valence-electron chi connectivity index (χ1n) is 7.03. The lowest BCUT2D eigenvalue weighted by Crippen LogP contribution is -2.46. The second kappa shape index (κ2) is 7.07. The summed E-state index contributed by atoms with van der Waals surface area (Å²) in [5, 5.41) is 12.0. The average molecular weight is 256 g/mol. The maximum atomic E-state index is 12.3. The van der Waals surface area contributed by atoms with Gasteiger partial charge in [-0.3, -0.25) is 4.79 Å². The number of nitrogens with zero attached hydrogens (tertiary/aromatic N) is 1. The van der Waals surface area contributed by atoms with E-state index in [1.54, 1.807) is 0 Å². The summed E-state index contributed by atoms with van der Waals surface area (Å²) in [7, 11) is 0. The highest BCUT2D eigenvalue weighted by Crippen LogP contribution is 2.20. The molecule has 0 radical (unpaired) electrons. The van der Waals surface area contributed by atoms with Crippen molar-refractivity contribution in [1.82, 2.24) is 10.2 Å². The number of aliphatic hydroxyl groups excluding tert-OH is 1. The van der Waals surface area contributed by atoms with Crippen LogP contribution < -0.4 is 5.32 Å². The molecule has 0 aliphatic carbocycles. The highest BCUT2D eigenvalue weighted by molar-refractivity contribution is 5.79. The summed E-state index contributed by atoms with van der Waals surface area (Å²) in [6.45, 7) is 4.03. The number of nitrogens with one attached hydrogen (secondary N) is 1. The number of piperidine rings is 2. The molecule has 2 rings (SSSR count). The van der Waals surface area contributed by atoms with Gasteiger partial charge in [-0.15, -0.1) is 0 Å². The lowest BCUT2D eigenvalue weighted by atomic mass is 9.95. The third-order valence-corrected chi connectivity index (χ3v) is 3.89. The Balaban J connectivity index is 1.73. The van der Waals surface area contributed by atoms with Gasteiger partial charge in [0.25, 0.3) is 0 Å². The van der Waals surface area contributed by atoms with Gasteiger partial charge >= 0.3 is 0 Å². The van der Waals surface area contributed by atoms with Gasteiger partial charge in [-0.25, -0.2) is 0 Å². The van der Waals surface area contributed by atoms with E-state index in [9.17, 15) is 4.79 Å². The predicted molar refractivity (Wildman–Crippen MR) is 68.2 cm³/mol. The number of hydrogen-bond donors (Lipinski definition) is 2. The Morgan fingerprint density at radius 2 is 1.89 bits per heavy atom. The Morgan fingerprint density at radius 1 is 1.22 bits per heavy atom. The molecule has 2 aliphatic heterocycles. The minimum Gasteiger partial charge on any atom is -0.394 e. The number of carbonyl (C=O) groups excluding carboxylic acids is 1. The van der Waals surface area contributed by atoms with Crippen LogP contribution in [0.2, 0.25) is 0 Å². The maximum absolute atomic E-state index is 12.3. The number of amides is 1. The summed E-state index contributed by atoms with van der Waals surface area (Å²) in [6, 6.07) is 0. The van der Waals surface area contributed by atoms with Crippen molar-refractivity contribution in [2.45, 2.75) is 31.8 Å². The average Bonchev–Trinajstić information content (AvgIpc) is 2.46. The minimum atomic E-state index is 0.0776. The normalized spacial score (nSPS) is 23.3. The van der Waals surface area contributed by atoms with Crippen LogP contribution in [0.15, 0.2) is 0 Å². The second-order valence-corrected chi connectivity index (χ2v) is 5.14. The highest BCUT2D eigenvalue weighted by Gasteiger charge is 2.29. The predicted octanol–water partition coefficient (Wildman–Crippen LogP) is -0.0141. The summed E-state index contributed by atoms with van der Waals surface area (Å²) >= 11 is 0. The zero-order chi connectivity index (χ0) is 12.8. The smallest absolute Gasteiger partial charge is 0.225 e. The number of rotatable bonds is 4. The first kappa shape index (κ1) is 13.8. The first-order chi connectivity index (χ1) is 8.81. The Bertz CT molecular complexity index is 259. The van der Waals surface area contributed by atoms with Crippen LogP contribution in [0, 0.1) is 5.92 Å². The Hall–Kier alpha value is -0.650. The fourth-order valence-corrected chi connectivity index (χ4v) is 2.79. The van der Waals surface area contributed by atoms with Gasteiger partial charge in [0.05, 0.1) is 19.3 Å². The SMILES string of the molecule is O=C(C1CCNCC1)N1CCC(OCCO)CC1. The van der Waals surface area contributed by atoms with Gasteiger partial charge in [0.1, 0.15) is 0 Å². The summed E-state index contributed by atoms with van der Waals surface area (Å²) in [5.74, 6) is 0.554. The Kier molecular flexibility index (Phi) is 5.41. The van der Waals surface area contributed by atoms with Crippen LogP contribution in [0.4, 0.5) is 0 Å². The molecule has 0 spiro atoms. The molecule has 18 heavy (non-hydrogen) atoms. The quantitative estimate of drug-likeness (QED) is 0.742. The number of likely N-dealkylation sites (tertiary alicyclic amines) is 1. The Morgan fingerprint density at radius 3 is 2.50 bits per heavy atom. The number of aliphatic hydroxyl groups is 1. The van der Waals surface area contributed by atoms with E-state index in [0.717, 1.165) is 51.9 Å². The first-order valence-corrected chi connectivity index (χ1v) is 7.03. The van der Waals surface area contributed by atoms with Crippen molar-refractivity contribution in [2.24, 2.45) is 5.92 Å². The monoisotopic (exact) mass is 256 g/mol. The molecule has 2 N–H and O–H groups in total. The van der Waals surface area contributed by atoms with Crippen molar-refractivity contribution in [1.29, 1.82) is 0 Å². The van der Waals surface area contributed by atoms with Gasteiger partial charge in [0, 0.05) is 19.0 Å².